The second kappa shape index (κ2) is 17.3. The van der Waals surface area contributed by atoms with E-state index < -0.39 is 23.0 Å². The molecule has 5 rings (SSSR count). The molecule has 4 aromatic rings. The van der Waals surface area contributed by atoms with Crippen LogP contribution in [0.25, 0.3) is 6.08 Å². The number of carbonyl (C=O) groups excluding carboxylic acids is 5. The summed E-state index contributed by atoms with van der Waals surface area (Å²) < 4.78 is 5.34. The highest BCUT2D eigenvalue weighted by molar-refractivity contribution is 8.00. The molecule has 0 fully saturated rings. The number of ether oxygens (including phenoxy) is 1. The second-order valence-corrected chi connectivity index (χ2v) is 14.4. The average Bonchev–Trinajstić information content (AvgIpc) is 3.48. The molecule has 51 heavy (non-hydrogen) atoms. The SMILES string of the molecule is CCOC(=O)c1c(NC(=O)C(CC)Sc2cccc(NC(=O)/C(=C/c3cccc(Cl)c3)NC(=O)c3ccccc3)c2)sc2c1CCN(C(C)=O)C2. The lowest BCUT2D eigenvalue weighted by Crippen LogP contribution is -2.34. The topological polar surface area (TPSA) is 134 Å². The van der Waals surface area contributed by atoms with Crippen molar-refractivity contribution in [2.45, 2.75) is 50.3 Å². The number of hydrogen-bond donors (Lipinski definition) is 3. The van der Waals surface area contributed by atoms with Gasteiger partial charge in [0, 0.05) is 39.5 Å². The Morgan fingerprint density at radius 2 is 1.75 bits per heavy atom. The number of esters is 1. The van der Waals surface area contributed by atoms with E-state index >= 15 is 0 Å². The fraction of sp³-hybridized carbons (Fsp3) is 0.237. The standard InChI is InChI=1S/C38H37ClN4O6S2/c1-4-31(36(47)42-37-33(38(48)49-5-2)29-17-18-43(23(3)44)22-32(29)51-37)50-28-16-10-15-27(21-28)40-35(46)30(20-24-11-9-14-26(39)19-24)41-34(45)25-12-7-6-8-13-25/h6-16,19-21,31H,4-5,17-18,22H2,1-3H3,(H,40,46)(H,41,45)(H,42,47)/b30-20-. The molecule has 0 saturated heterocycles. The van der Waals surface area contributed by atoms with E-state index in [4.69, 9.17) is 16.3 Å². The van der Waals surface area contributed by atoms with Crippen LogP contribution in [0.1, 0.15) is 63.9 Å². The molecule has 0 spiro atoms. The van der Waals surface area contributed by atoms with Crippen LogP contribution >= 0.6 is 34.7 Å². The molecule has 10 nitrogen and oxygen atoms in total. The Hall–Kier alpha value is -4.91. The third kappa shape index (κ3) is 9.66. The summed E-state index contributed by atoms with van der Waals surface area (Å²) in [5.74, 6) is -1.85. The summed E-state index contributed by atoms with van der Waals surface area (Å²) in [5.41, 5.74) is 2.63. The van der Waals surface area contributed by atoms with E-state index in [0.717, 1.165) is 15.3 Å². The minimum absolute atomic E-state index is 0.0115. The summed E-state index contributed by atoms with van der Waals surface area (Å²) in [6.45, 7) is 6.17. The number of hydrogen-bond acceptors (Lipinski definition) is 8. The van der Waals surface area contributed by atoms with Crippen LogP contribution in [0.4, 0.5) is 10.7 Å². The van der Waals surface area contributed by atoms with E-state index in [9.17, 15) is 24.0 Å². The maximum Gasteiger partial charge on any atom is 0.341 e. The summed E-state index contributed by atoms with van der Waals surface area (Å²) in [7, 11) is 0. The first kappa shape index (κ1) is 37.3. The molecule has 13 heteroatoms. The predicted molar refractivity (Wildman–Crippen MR) is 202 cm³/mol. The normalized spacial score (nSPS) is 13.1. The molecule has 0 aliphatic carbocycles. The highest BCUT2D eigenvalue weighted by atomic mass is 35.5. The fourth-order valence-electron chi connectivity index (χ4n) is 5.41. The van der Waals surface area contributed by atoms with Gasteiger partial charge in [0.25, 0.3) is 11.8 Å². The van der Waals surface area contributed by atoms with Crippen LogP contribution in [0.5, 0.6) is 0 Å². The van der Waals surface area contributed by atoms with Gasteiger partial charge in [0.15, 0.2) is 0 Å². The van der Waals surface area contributed by atoms with E-state index in [0.29, 0.717) is 58.3 Å². The third-order valence-corrected chi connectivity index (χ3v) is 10.7. The Kier molecular flexibility index (Phi) is 12.7. The predicted octanol–water partition coefficient (Wildman–Crippen LogP) is 7.40. The van der Waals surface area contributed by atoms with Gasteiger partial charge >= 0.3 is 5.97 Å². The Labute approximate surface area is 309 Å². The molecule has 1 aromatic heterocycles. The molecule has 1 atom stereocenters. The average molecular weight is 745 g/mol. The Morgan fingerprint density at radius 1 is 0.980 bits per heavy atom. The van der Waals surface area contributed by atoms with Gasteiger partial charge in [-0.1, -0.05) is 54.9 Å². The number of benzene rings is 3. The largest absolute Gasteiger partial charge is 0.462 e. The molecule has 264 valence electrons. The van der Waals surface area contributed by atoms with E-state index in [1.807, 2.05) is 13.0 Å². The lowest BCUT2D eigenvalue weighted by molar-refractivity contribution is -0.129. The van der Waals surface area contributed by atoms with E-state index in [-0.39, 0.29) is 24.1 Å². The van der Waals surface area contributed by atoms with Gasteiger partial charge in [0.05, 0.1) is 24.0 Å². The van der Waals surface area contributed by atoms with Crippen molar-refractivity contribution in [3.63, 3.8) is 0 Å². The summed E-state index contributed by atoms with van der Waals surface area (Å²) in [4.78, 5) is 68.6. The van der Waals surface area contributed by atoms with E-state index in [2.05, 4.69) is 16.0 Å². The van der Waals surface area contributed by atoms with Crippen molar-refractivity contribution in [1.82, 2.24) is 10.2 Å². The molecule has 4 amide bonds. The molecule has 3 N–H and O–H groups in total. The van der Waals surface area contributed by atoms with Gasteiger partial charge < -0.3 is 25.6 Å². The number of anilines is 2. The van der Waals surface area contributed by atoms with Gasteiger partial charge in [-0.15, -0.1) is 23.1 Å². The lowest BCUT2D eigenvalue weighted by Gasteiger charge is -2.25. The number of thioether (sulfide) groups is 1. The number of carbonyl (C=O) groups is 5. The number of amides is 4. The van der Waals surface area contributed by atoms with Crippen LogP contribution in [-0.4, -0.2) is 52.9 Å². The number of nitrogens with one attached hydrogen (secondary N) is 3. The van der Waals surface area contributed by atoms with Crippen molar-refractivity contribution in [2.24, 2.45) is 0 Å². The number of halogens is 1. The van der Waals surface area contributed by atoms with Gasteiger partial charge in [-0.2, -0.15) is 0 Å². The van der Waals surface area contributed by atoms with Crippen LogP contribution in [0.2, 0.25) is 5.02 Å². The van der Waals surface area contributed by atoms with Crippen molar-refractivity contribution in [1.29, 1.82) is 0 Å². The van der Waals surface area contributed by atoms with Crippen LogP contribution in [-0.2, 0) is 32.1 Å². The first-order valence-corrected chi connectivity index (χ1v) is 18.4. The summed E-state index contributed by atoms with van der Waals surface area (Å²) in [6, 6.07) is 22.5. The van der Waals surface area contributed by atoms with Gasteiger partial charge in [-0.25, -0.2) is 4.79 Å². The molecule has 3 aromatic carbocycles. The number of rotatable bonds is 12. The van der Waals surface area contributed by atoms with Crippen molar-refractivity contribution < 1.29 is 28.7 Å². The molecule has 0 saturated carbocycles. The summed E-state index contributed by atoms with van der Waals surface area (Å²) in [5, 5.41) is 8.90. The number of thiophene rings is 1. The van der Waals surface area contributed by atoms with Crippen molar-refractivity contribution in [3.8, 4) is 0 Å². The minimum atomic E-state index is -0.553. The lowest BCUT2D eigenvalue weighted by atomic mass is 10.0. The Morgan fingerprint density at radius 3 is 2.45 bits per heavy atom. The van der Waals surface area contributed by atoms with Gasteiger partial charge in [-0.3, -0.25) is 19.2 Å². The van der Waals surface area contributed by atoms with Gasteiger partial charge in [0.2, 0.25) is 11.8 Å². The number of nitrogens with zero attached hydrogens (tertiary/aromatic N) is 1. The molecular weight excluding hydrogens is 708 g/mol. The smallest absolute Gasteiger partial charge is 0.341 e. The summed E-state index contributed by atoms with van der Waals surface area (Å²) >= 11 is 8.77. The maximum atomic E-state index is 13.7. The van der Waals surface area contributed by atoms with Gasteiger partial charge in [0.1, 0.15) is 10.7 Å². The van der Waals surface area contributed by atoms with Crippen molar-refractivity contribution in [3.05, 3.63) is 117 Å². The first-order chi connectivity index (χ1) is 24.6. The van der Waals surface area contributed by atoms with E-state index in [1.54, 1.807) is 90.7 Å². The zero-order valence-electron chi connectivity index (χ0n) is 28.3. The quantitative estimate of drug-likeness (QED) is 0.0782. The van der Waals surface area contributed by atoms with Gasteiger partial charge in [-0.05, 0) is 79.4 Å². The zero-order chi connectivity index (χ0) is 36.5. The van der Waals surface area contributed by atoms with Crippen LogP contribution in [0.15, 0.2) is 89.5 Å². The van der Waals surface area contributed by atoms with Crippen LogP contribution in [0.3, 0.4) is 0 Å². The van der Waals surface area contributed by atoms with Crippen LogP contribution in [0, 0.1) is 0 Å². The highest BCUT2D eigenvalue weighted by Gasteiger charge is 2.31. The fourth-order valence-corrected chi connectivity index (χ4v) is 7.88. The maximum absolute atomic E-state index is 13.7. The minimum Gasteiger partial charge on any atom is -0.462 e. The Bertz CT molecular complexity index is 1980. The molecule has 1 unspecified atom stereocenters. The molecule has 1 aliphatic heterocycles. The summed E-state index contributed by atoms with van der Waals surface area (Å²) in [6.07, 6.45) is 2.51. The molecule has 1 aliphatic rings. The van der Waals surface area contributed by atoms with E-state index in [1.165, 1.54) is 30.0 Å². The van der Waals surface area contributed by atoms with Crippen molar-refractivity contribution >= 4 is 81.1 Å². The first-order valence-electron chi connectivity index (χ1n) is 16.4. The monoisotopic (exact) mass is 744 g/mol. The number of fused-ring (bicyclic) bond motifs is 1. The van der Waals surface area contributed by atoms with Crippen LogP contribution < -0.4 is 16.0 Å². The zero-order valence-corrected chi connectivity index (χ0v) is 30.7. The second-order valence-electron chi connectivity index (χ2n) is 11.5. The third-order valence-electron chi connectivity index (χ3n) is 7.94. The van der Waals surface area contributed by atoms with Crippen molar-refractivity contribution in [2.75, 3.05) is 23.8 Å². The Balaban J connectivity index is 1.32. The molecule has 0 radical (unpaired) electrons. The molecular formula is C38H37ClN4O6S2. The highest BCUT2D eigenvalue weighted by Crippen LogP contribution is 2.39. The molecule has 0 bridgehead atoms. The molecule has 2 heterocycles.